The molecular formula is C18H19Cl2NO5S. The van der Waals surface area contributed by atoms with Crippen LogP contribution in [0.15, 0.2) is 41.3 Å². The van der Waals surface area contributed by atoms with Crippen molar-refractivity contribution in [2.24, 2.45) is 0 Å². The monoisotopic (exact) mass is 431 g/mol. The minimum atomic E-state index is -4.10. The van der Waals surface area contributed by atoms with Crippen molar-refractivity contribution in [3.8, 4) is 5.75 Å². The number of esters is 1. The van der Waals surface area contributed by atoms with Gasteiger partial charge in [0.2, 0.25) is 0 Å². The second-order valence-corrected chi connectivity index (χ2v) is 8.24. The Kier molecular flexibility index (Phi) is 6.97. The maximum Gasteiger partial charge on any atom is 0.326 e. The smallest absolute Gasteiger partial charge is 0.326 e. The van der Waals surface area contributed by atoms with Gasteiger partial charge in [-0.25, -0.2) is 8.42 Å². The number of rotatable bonds is 7. The van der Waals surface area contributed by atoms with E-state index in [4.69, 9.17) is 32.7 Å². The van der Waals surface area contributed by atoms with Crippen LogP contribution in [0.2, 0.25) is 10.0 Å². The van der Waals surface area contributed by atoms with Crippen molar-refractivity contribution in [3.63, 3.8) is 0 Å². The number of hydrogen-bond donors (Lipinski definition) is 0. The fraction of sp³-hybridized carbons (Fsp3) is 0.278. The number of methoxy groups -OCH3 is 1. The summed E-state index contributed by atoms with van der Waals surface area (Å²) < 4.78 is 37.4. The summed E-state index contributed by atoms with van der Waals surface area (Å²) in [6.07, 6.45) is 0. The van der Waals surface area contributed by atoms with Crippen LogP contribution in [0.25, 0.3) is 0 Å². The quantitative estimate of drug-likeness (QED) is 0.617. The molecule has 6 nitrogen and oxygen atoms in total. The molecule has 27 heavy (non-hydrogen) atoms. The molecule has 0 spiro atoms. The van der Waals surface area contributed by atoms with E-state index in [1.807, 2.05) is 6.92 Å². The molecule has 146 valence electrons. The van der Waals surface area contributed by atoms with E-state index in [1.54, 1.807) is 19.1 Å². The zero-order valence-corrected chi connectivity index (χ0v) is 17.4. The standard InChI is InChI=1S/C18H19Cl2NO5S/c1-4-26-18(22)11-21(16-10-17(25-3)15(20)9-14(16)19)27(23,24)13-7-5-12(2)6-8-13/h5-10H,4,11H2,1-3H3. The molecule has 0 amide bonds. The van der Waals surface area contributed by atoms with Crippen LogP contribution < -0.4 is 9.04 Å². The number of ether oxygens (including phenoxy) is 2. The summed E-state index contributed by atoms with van der Waals surface area (Å²) in [4.78, 5) is 12.1. The van der Waals surface area contributed by atoms with Gasteiger partial charge in [0.05, 0.1) is 34.3 Å². The summed E-state index contributed by atoms with van der Waals surface area (Å²) >= 11 is 12.3. The van der Waals surface area contributed by atoms with Gasteiger partial charge in [0.25, 0.3) is 10.0 Å². The molecular weight excluding hydrogens is 413 g/mol. The lowest BCUT2D eigenvalue weighted by atomic mass is 10.2. The summed E-state index contributed by atoms with van der Waals surface area (Å²) in [5, 5.41) is 0.274. The molecule has 0 bridgehead atoms. The number of aryl methyl sites for hydroxylation is 1. The fourth-order valence-electron chi connectivity index (χ4n) is 2.33. The third-order valence-corrected chi connectivity index (χ3v) is 6.05. The fourth-order valence-corrected chi connectivity index (χ4v) is 4.36. The summed E-state index contributed by atoms with van der Waals surface area (Å²) in [5.74, 6) is -0.484. The summed E-state index contributed by atoms with van der Waals surface area (Å²) in [5.41, 5.74) is 0.962. The molecule has 0 N–H and O–H groups in total. The van der Waals surface area contributed by atoms with Crippen molar-refractivity contribution in [1.29, 1.82) is 0 Å². The van der Waals surface area contributed by atoms with Crippen molar-refractivity contribution >= 4 is 44.9 Å². The average Bonchev–Trinajstić information content (AvgIpc) is 2.61. The molecule has 0 radical (unpaired) electrons. The average molecular weight is 432 g/mol. The van der Waals surface area contributed by atoms with E-state index in [1.165, 1.54) is 31.4 Å². The molecule has 0 unspecified atom stereocenters. The van der Waals surface area contributed by atoms with Gasteiger partial charge in [-0.05, 0) is 32.0 Å². The molecule has 0 aliphatic carbocycles. The van der Waals surface area contributed by atoms with E-state index in [2.05, 4.69) is 0 Å². The first-order chi connectivity index (χ1) is 12.7. The van der Waals surface area contributed by atoms with Gasteiger partial charge in [-0.2, -0.15) is 0 Å². The van der Waals surface area contributed by atoms with Gasteiger partial charge in [-0.15, -0.1) is 0 Å². The Morgan fingerprint density at radius 2 is 1.74 bits per heavy atom. The van der Waals surface area contributed by atoms with E-state index in [0.717, 1.165) is 9.87 Å². The molecule has 0 aliphatic heterocycles. The molecule has 2 rings (SSSR count). The van der Waals surface area contributed by atoms with Crippen molar-refractivity contribution < 1.29 is 22.7 Å². The minimum Gasteiger partial charge on any atom is -0.495 e. The van der Waals surface area contributed by atoms with E-state index >= 15 is 0 Å². The number of anilines is 1. The van der Waals surface area contributed by atoms with Crippen LogP contribution in [-0.2, 0) is 19.6 Å². The predicted molar refractivity (Wildman–Crippen MR) is 105 cm³/mol. The lowest BCUT2D eigenvalue weighted by Gasteiger charge is -2.25. The molecule has 0 atom stereocenters. The van der Waals surface area contributed by atoms with Gasteiger partial charge in [0, 0.05) is 6.07 Å². The second-order valence-electron chi connectivity index (χ2n) is 5.57. The predicted octanol–water partition coefficient (Wildman–Crippen LogP) is 4.07. The number of nitrogens with zero attached hydrogens (tertiary/aromatic N) is 1. The van der Waals surface area contributed by atoms with Crippen LogP contribution in [0.5, 0.6) is 5.75 Å². The first-order valence-electron chi connectivity index (χ1n) is 7.98. The highest BCUT2D eigenvalue weighted by Crippen LogP contribution is 2.38. The Balaban J connectivity index is 2.61. The molecule has 9 heteroatoms. The van der Waals surface area contributed by atoms with Gasteiger partial charge in [-0.3, -0.25) is 9.10 Å². The van der Waals surface area contributed by atoms with E-state index in [9.17, 15) is 13.2 Å². The van der Waals surface area contributed by atoms with Crippen molar-refractivity contribution in [2.45, 2.75) is 18.7 Å². The molecule has 0 saturated carbocycles. The Morgan fingerprint density at radius 3 is 2.30 bits per heavy atom. The normalized spacial score (nSPS) is 11.1. The number of carbonyl (C=O) groups is 1. The first kappa shape index (κ1) is 21.3. The third-order valence-electron chi connectivity index (χ3n) is 3.68. The molecule has 0 saturated heterocycles. The number of sulfonamides is 1. The van der Waals surface area contributed by atoms with E-state index < -0.39 is 22.5 Å². The first-order valence-corrected chi connectivity index (χ1v) is 10.2. The lowest BCUT2D eigenvalue weighted by Crippen LogP contribution is -2.36. The van der Waals surface area contributed by atoms with Gasteiger partial charge < -0.3 is 9.47 Å². The number of halogens is 2. The van der Waals surface area contributed by atoms with Gasteiger partial charge in [0.1, 0.15) is 12.3 Å². The maximum atomic E-state index is 13.2. The SMILES string of the molecule is CCOC(=O)CN(c1cc(OC)c(Cl)cc1Cl)S(=O)(=O)c1ccc(C)cc1. The third kappa shape index (κ3) is 4.86. The van der Waals surface area contributed by atoms with E-state index in [0.29, 0.717) is 0 Å². The number of benzene rings is 2. The Hall–Kier alpha value is -1.96. The molecule has 0 aromatic heterocycles. The van der Waals surface area contributed by atoms with Crippen molar-refractivity contribution in [2.75, 3.05) is 24.6 Å². The summed E-state index contributed by atoms with van der Waals surface area (Å²) in [7, 11) is -2.70. The number of carbonyl (C=O) groups excluding carboxylic acids is 1. The van der Waals surface area contributed by atoms with Crippen molar-refractivity contribution in [1.82, 2.24) is 0 Å². The Labute approximate surface area is 168 Å². The van der Waals surface area contributed by atoms with Crippen LogP contribution >= 0.6 is 23.2 Å². The highest BCUT2D eigenvalue weighted by Gasteiger charge is 2.30. The molecule has 2 aromatic rings. The highest BCUT2D eigenvalue weighted by molar-refractivity contribution is 7.92. The van der Waals surface area contributed by atoms with Crippen LogP contribution in [0.4, 0.5) is 5.69 Å². The van der Waals surface area contributed by atoms with Gasteiger partial charge in [-0.1, -0.05) is 40.9 Å². The number of hydrogen-bond acceptors (Lipinski definition) is 5. The maximum absolute atomic E-state index is 13.2. The second kappa shape index (κ2) is 8.82. The zero-order valence-electron chi connectivity index (χ0n) is 15.0. The Morgan fingerprint density at radius 1 is 1.11 bits per heavy atom. The Bertz CT molecular complexity index is 930. The molecule has 0 aliphatic rings. The minimum absolute atomic E-state index is 0.0161. The summed E-state index contributed by atoms with van der Waals surface area (Å²) in [6.45, 7) is 3.05. The molecule has 2 aromatic carbocycles. The summed E-state index contributed by atoms with van der Waals surface area (Å²) in [6, 6.07) is 8.99. The van der Waals surface area contributed by atoms with Crippen LogP contribution in [0.3, 0.4) is 0 Å². The van der Waals surface area contributed by atoms with Gasteiger partial charge >= 0.3 is 5.97 Å². The van der Waals surface area contributed by atoms with Crippen molar-refractivity contribution in [3.05, 3.63) is 52.0 Å². The lowest BCUT2D eigenvalue weighted by molar-refractivity contribution is -0.141. The zero-order chi connectivity index (χ0) is 20.2. The van der Waals surface area contributed by atoms with Gasteiger partial charge in [0.15, 0.2) is 0 Å². The van der Waals surface area contributed by atoms with Crippen LogP contribution in [-0.4, -0.2) is 34.6 Å². The molecule has 0 heterocycles. The van der Waals surface area contributed by atoms with Crippen LogP contribution in [0.1, 0.15) is 12.5 Å². The largest absolute Gasteiger partial charge is 0.495 e. The highest BCUT2D eigenvalue weighted by atomic mass is 35.5. The molecule has 0 fully saturated rings. The topological polar surface area (TPSA) is 72.9 Å². The van der Waals surface area contributed by atoms with E-state index in [-0.39, 0.29) is 33.0 Å². The van der Waals surface area contributed by atoms with Crippen LogP contribution in [0, 0.1) is 6.92 Å².